The van der Waals surface area contributed by atoms with Gasteiger partial charge < -0.3 is 10.1 Å². The minimum atomic E-state index is -0.226. The first-order valence-corrected chi connectivity index (χ1v) is 6.47. The number of nitrogens with one attached hydrogen (secondary N) is 1. The number of fused-ring (bicyclic) bond motifs is 1. The molecule has 0 spiro atoms. The molecular weight excluding hydrogens is 244 g/mol. The van der Waals surface area contributed by atoms with Gasteiger partial charge in [0.1, 0.15) is 0 Å². The quantitative estimate of drug-likeness (QED) is 0.819. The number of ether oxygens (including phenoxy) is 1. The molecule has 19 heavy (non-hydrogen) atoms. The summed E-state index contributed by atoms with van der Waals surface area (Å²) in [5, 5.41) is 3.40. The number of nitrogens with zero attached hydrogens (tertiary/aromatic N) is 1. The van der Waals surface area contributed by atoms with Crippen LogP contribution >= 0.6 is 0 Å². The first kappa shape index (κ1) is 12.2. The molecule has 0 atom stereocenters. The second kappa shape index (κ2) is 4.66. The molecule has 1 N–H and O–H groups in total. The van der Waals surface area contributed by atoms with Gasteiger partial charge in [0.15, 0.2) is 0 Å². The Balaban J connectivity index is 1.82. The van der Waals surface area contributed by atoms with E-state index in [1.807, 2.05) is 6.07 Å². The summed E-state index contributed by atoms with van der Waals surface area (Å²) in [7, 11) is 1.51. The molecule has 5 heteroatoms. The van der Waals surface area contributed by atoms with Crippen LogP contribution in [0.5, 0.6) is 0 Å². The van der Waals surface area contributed by atoms with E-state index in [4.69, 9.17) is 4.74 Å². The third kappa shape index (κ3) is 2.10. The van der Waals surface area contributed by atoms with Crippen molar-refractivity contribution in [3.8, 4) is 0 Å². The maximum Gasteiger partial charge on any atom is 0.261 e. The van der Waals surface area contributed by atoms with Crippen LogP contribution in [-0.4, -0.2) is 43.0 Å². The lowest BCUT2D eigenvalue weighted by atomic mass is 10.1. The minimum Gasteiger partial charge on any atom is -0.382 e. The first-order valence-electron chi connectivity index (χ1n) is 6.47. The highest BCUT2D eigenvalue weighted by Crippen LogP contribution is 2.25. The number of rotatable bonds is 2. The molecule has 0 radical (unpaired) electrons. The molecule has 2 aliphatic rings. The topological polar surface area (TPSA) is 58.6 Å². The Kier molecular flexibility index (Phi) is 2.98. The lowest BCUT2D eigenvalue weighted by Crippen LogP contribution is -2.27. The van der Waals surface area contributed by atoms with Gasteiger partial charge in [-0.1, -0.05) is 0 Å². The van der Waals surface area contributed by atoms with E-state index in [1.165, 1.54) is 7.05 Å². The minimum absolute atomic E-state index is 0.224. The SMILES string of the molecule is CN1C(=O)c2ccc(NC3CCOCC3)cc2C1=O. The Morgan fingerprint density at radius 1 is 1.16 bits per heavy atom. The number of hydrogen-bond acceptors (Lipinski definition) is 4. The number of carbonyl (C=O) groups is 2. The maximum atomic E-state index is 11.9. The molecule has 0 aromatic heterocycles. The van der Waals surface area contributed by atoms with Gasteiger partial charge in [-0.15, -0.1) is 0 Å². The number of hydrogen-bond donors (Lipinski definition) is 1. The van der Waals surface area contributed by atoms with Crippen LogP contribution in [0.3, 0.4) is 0 Å². The zero-order valence-electron chi connectivity index (χ0n) is 10.8. The summed E-state index contributed by atoms with van der Waals surface area (Å²) in [6.45, 7) is 1.53. The second-order valence-electron chi connectivity index (χ2n) is 4.96. The fourth-order valence-electron chi connectivity index (χ4n) is 2.53. The van der Waals surface area contributed by atoms with Gasteiger partial charge in [0, 0.05) is 32.0 Å². The predicted molar refractivity (Wildman–Crippen MR) is 70.3 cm³/mol. The van der Waals surface area contributed by atoms with Gasteiger partial charge in [-0.2, -0.15) is 0 Å². The lowest BCUT2D eigenvalue weighted by molar-refractivity contribution is 0.0693. The summed E-state index contributed by atoms with van der Waals surface area (Å²) in [5.74, 6) is -0.451. The highest BCUT2D eigenvalue weighted by atomic mass is 16.5. The zero-order chi connectivity index (χ0) is 13.4. The predicted octanol–water partition coefficient (Wildman–Crippen LogP) is 1.50. The van der Waals surface area contributed by atoms with Crippen molar-refractivity contribution in [2.75, 3.05) is 25.6 Å². The summed E-state index contributed by atoms with van der Waals surface area (Å²) in [5.41, 5.74) is 1.87. The van der Waals surface area contributed by atoms with Gasteiger partial charge in [-0.05, 0) is 31.0 Å². The Labute approximate surface area is 111 Å². The molecule has 0 bridgehead atoms. The van der Waals surface area contributed by atoms with Crippen molar-refractivity contribution in [3.63, 3.8) is 0 Å². The van der Waals surface area contributed by atoms with E-state index >= 15 is 0 Å². The van der Waals surface area contributed by atoms with Crippen molar-refractivity contribution in [1.29, 1.82) is 0 Å². The van der Waals surface area contributed by atoms with Gasteiger partial charge in [0.05, 0.1) is 11.1 Å². The van der Waals surface area contributed by atoms with Gasteiger partial charge >= 0.3 is 0 Å². The molecular formula is C14H16N2O3. The van der Waals surface area contributed by atoms with Crippen LogP contribution in [0.2, 0.25) is 0 Å². The lowest BCUT2D eigenvalue weighted by Gasteiger charge is -2.24. The molecule has 2 heterocycles. The number of benzene rings is 1. The standard InChI is InChI=1S/C14H16N2O3/c1-16-13(17)11-3-2-10(8-12(11)14(16)18)15-9-4-6-19-7-5-9/h2-3,8-9,15H,4-7H2,1H3. The Bertz CT molecular complexity index is 535. The monoisotopic (exact) mass is 260 g/mol. The summed E-state index contributed by atoms with van der Waals surface area (Å²) in [4.78, 5) is 24.8. The first-order chi connectivity index (χ1) is 9.16. The number of carbonyl (C=O) groups excluding carboxylic acids is 2. The second-order valence-corrected chi connectivity index (χ2v) is 4.96. The van der Waals surface area contributed by atoms with Crippen molar-refractivity contribution in [2.24, 2.45) is 0 Å². The number of anilines is 1. The molecule has 1 fully saturated rings. The third-order valence-electron chi connectivity index (χ3n) is 3.68. The molecule has 1 aromatic rings. The molecule has 2 amide bonds. The van der Waals surface area contributed by atoms with Crippen molar-refractivity contribution < 1.29 is 14.3 Å². The fourth-order valence-corrected chi connectivity index (χ4v) is 2.53. The van der Waals surface area contributed by atoms with E-state index in [9.17, 15) is 9.59 Å². The van der Waals surface area contributed by atoms with Gasteiger partial charge in [-0.25, -0.2) is 0 Å². The third-order valence-corrected chi connectivity index (χ3v) is 3.68. The highest BCUT2D eigenvalue weighted by molar-refractivity contribution is 6.21. The van der Waals surface area contributed by atoms with Crippen LogP contribution in [0.1, 0.15) is 33.6 Å². The van der Waals surface area contributed by atoms with E-state index in [-0.39, 0.29) is 11.8 Å². The largest absolute Gasteiger partial charge is 0.382 e. The molecule has 3 rings (SSSR count). The Hall–Kier alpha value is -1.88. The molecule has 1 aromatic carbocycles. The van der Waals surface area contributed by atoms with Crippen LogP contribution in [0, 0.1) is 0 Å². The normalized spacial score (nSPS) is 19.7. The van der Waals surface area contributed by atoms with E-state index < -0.39 is 0 Å². The number of amides is 2. The van der Waals surface area contributed by atoms with E-state index in [2.05, 4.69) is 5.32 Å². The summed E-state index contributed by atoms with van der Waals surface area (Å²) >= 11 is 0. The van der Waals surface area contributed by atoms with Gasteiger partial charge in [-0.3, -0.25) is 14.5 Å². The van der Waals surface area contributed by atoms with Crippen LogP contribution in [0.25, 0.3) is 0 Å². The molecule has 0 unspecified atom stereocenters. The van der Waals surface area contributed by atoms with Gasteiger partial charge in [0.25, 0.3) is 11.8 Å². The van der Waals surface area contributed by atoms with Crippen LogP contribution in [0.4, 0.5) is 5.69 Å². The Morgan fingerprint density at radius 2 is 1.84 bits per heavy atom. The molecule has 0 saturated carbocycles. The molecule has 2 aliphatic heterocycles. The van der Waals surface area contributed by atoms with Crippen molar-refractivity contribution >= 4 is 17.5 Å². The zero-order valence-corrected chi connectivity index (χ0v) is 10.8. The molecule has 1 saturated heterocycles. The highest BCUT2D eigenvalue weighted by Gasteiger charge is 2.32. The summed E-state index contributed by atoms with van der Waals surface area (Å²) in [6.07, 6.45) is 1.92. The molecule has 0 aliphatic carbocycles. The molecule has 100 valence electrons. The smallest absolute Gasteiger partial charge is 0.261 e. The van der Waals surface area contributed by atoms with Crippen molar-refractivity contribution in [1.82, 2.24) is 4.90 Å². The fraction of sp³-hybridized carbons (Fsp3) is 0.429. The van der Waals surface area contributed by atoms with Gasteiger partial charge in [0.2, 0.25) is 0 Å². The van der Waals surface area contributed by atoms with E-state index in [0.29, 0.717) is 17.2 Å². The van der Waals surface area contributed by atoms with Crippen LogP contribution < -0.4 is 5.32 Å². The molecule has 5 nitrogen and oxygen atoms in total. The number of imide groups is 1. The van der Waals surface area contributed by atoms with Crippen molar-refractivity contribution in [2.45, 2.75) is 18.9 Å². The van der Waals surface area contributed by atoms with E-state index in [0.717, 1.165) is 36.6 Å². The maximum absolute atomic E-state index is 11.9. The average Bonchev–Trinajstić information content (AvgIpc) is 2.65. The summed E-state index contributed by atoms with van der Waals surface area (Å²) in [6, 6.07) is 5.73. The average molecular weight is 260 g/mol. The Morgan fingerprint density at radius 3 is 2.58 bits per heavy atom. The van der Waals surface area contributed by atoms with Crippen LogP contribution in [-0.2, 0) is 4.74 Å². The summed E-state index contributed by atoms with van der Waals surface area (Å²) < 4.78 is 5.31. The van der Waals surface area contributed by atoms with E-state index in [1.54, 1.807) is 12.1 Å². The van der Waals surface area contributed by atoms with Crippen LogP contribution in [0.15, 0.2) is 18.2 Å². The van der Waals surface area contributed by atoms with Crippen molar-refractivity contribution in [3.05, 3.63) is 29.3 Å².